The van der Waals surface area contributed by atoms with Crippen molar-refractivity contribution in [2.75, 3.05) is 5.73 Å². The standard InChI is InChI=1S/C14H13NO2.C7H8O3S/c15-13-9-5-4-8-12(13)14(16)17-10-11-6-2-1-3-7-11;1-6-2-4-7(5-3-6)11(8,9)10/h1-9H,10,15H2;2-5H,1H3,(H,8,9,10). The molecule has 146 valence electrons. The molecule has 0 saturated heterocycles. The van der Waals surface area contributed by atoms with Gasteiger partial charge in [0.15, 0.2) is 0 Å². The average molecular weight is 399 g/mol. The van der Waals surface area contributed by atoms with Gasteiger partial charge in [0.25, 0.3) is 10.1 Å². The van der Waals surface area contributed by atoms with Gasteiger partial charge in [-0.1, -0.05) is 60.2 Å². The third kappa shape index (κ3) is 6.53. The largest absolute Gasteiger partial charge is 0.457 e. The number of ether oxygens (including phenoxy) is 1. The van der Waals surface area contributed by atoms with E-state index in [4.69, 9.17) is 15.0 Å². The lowest BCUT2D eigenvalue weighted by molar-refractivity contribution is 0.0474. The van der Waals surface area contributed by atoms with E-state index in [0.717, 1.165) is 11.1 Å². The molecule has 0 spiro atoms. The summed E-state index contributed by atoms with van der Waals surface area (Å²) in [6.07, 6.45) is 0. The van der Waals surface area contributed by atoms with Gasteiger partial charge in [-0.05, 0) is 36.8 Å². The number of nitrogen functional groups attached to an aromatic ring is 1. The van der Waals surface area contributed by atoms with E-state index in [2.05, 4.69) is 0 Å². The van der Waals surface area contributed by atoms with E-state index in [1.165, 1.54) is 12.1 Å². The van der Waals surface area contributed by atoms with Gasteiger partial charge in [0.2, 0.25) is 0 Å². The summed E-state index contributed by atoms with van der Waals surface area (Å²) < 4.78 is 34.7. The van der Waals surface area contributed by atoms with Crippen LogP contribution in [0.1, 0.15) is 21.5 Å². The fourth-order valence-corrected chi connectivity index (χ4v) is 2.67. The number of para-hydroxylation sites is 1. The number of hydrogen-bond donors (Lipinski definition) is 2. The third-order valence-electron chi connectivity index (χ3n) is 3.71. The Morgan fingerprint density at radius 3 is 2.07 bits per heavy atom. The molecule has 0 atom stereocenters. The van der Waals surface area contributed by atoms with Crippen LogP contribution in [0, 0.1) is 6.92 Å². The minimum absolute atomic E-state index is 0.0666. The minimum atomic E-state index is -4.02. The van der Waals surface area contributed by atoms with Gasteiger partial charge in [0.1, 0.15) is 6.61 Å². The zero-order valence-electron chi connectivity index (χ0n) is 15.3. The van der Waals surface area contributed by atoms with Crippen LogP contribution in [0.25, 0.3) is 0 Å². The number of esters is 1. The van der Waals surface area contributed by atoms with Crippen LogP contribution in [-0.2, 0) is 21.5 Å². The lowest BCUT2D eigenvalue weighted by atomic mass is 10.2. The molecule has 6 nitrogen and oxygen atoms in total. The molecule has 3 rings (SSSR count). The van der Waals surface area contributed by atoms with Crippen molar-refractivity contribution in [3.63, 3.8) is 0 Å². The second-order valence-electron chi connectivity index (χ2n) is 5.94. The van der Waals surface area contributed by atoms with Crippen molar-refractivity contribution in [2.45, 2.75) is 18.4 Å². The topological polar surface area (TPSA) is 107 Å². The van der Waals surface area contributed by atoms with Crippen molar-refractivity contribution in [1.29, 1.82) is 0 Å². The summed E-state index contributed by atoms with van der Waals surface area (Å²) in [5.74, 6) is -0.396. The molecule has 0 amide bonds. The number of nitrogens with two attached hydrogens (primary N) is 1. The van der Waals surface area contributed by atoms with Crippen LogP contribution in [0.2, 0.25) is 0 Å². The van der Waals surface area contributed by atoms with Crippen LogP contribution >= 0.6 is 0 Å². The lowest BCUT2D eigenvalue weighted by Crippen LogP contribution is -2.07. The molecule has 3 N–H and O–H groups in total. The Morgan fingerprint density at radius 1 is 0.929 bits per heavy atom. The highest BCUT2D eigenvalue weighted by Gasteiger charge is 2.10. The van der Waals surface area contributed by atoms with Gasteiger partial charge in [-0.2, -0.15) is 8.42 Å². The third-order valence-corrected chi connectivity index (χ3v) is 4.58. The normalized spacial score (nSPS) is 10.5. The van der Waals surface area contributed by atoms with Crippen molar-refractivity contribution in [2.24, 2.45) is 0 Å². The first-order valence-corrected chi connectivity index (χ1v) is 9.81. The average Bonchev–Trinajstić information content (AvgIpc) is 2.67. The number of aryl methyl sites for hydroxylation is 1. The van der Waals surface area contributed by atoms with E-state index in [1.807, 2.05) is 37.3 Å². The molecular formula is C21H21NO5S. The van der Waals surface area contributed by atoms with E-state index in [-0.39, 0.29) is 11.5 Å². The Labute approximate surface area is 164 Å². The molecule has 0 heterocycles. The van der Waals surface area contributed by atoms with Crippen LogP contribution in [0.3, 0.4) is 0 Å². The minimum Gasteiger partial charge on any atom is -0.457 e. The molecule has 0 unspecified atom stereocenters. The molecule has 0 aliphatic heterocycles. The van der Waals surface area contributed by atoms with Gasteiger partial charge in [0.05, 0.1) is 10.5 Å². The van der Waals surface area contributed by atoms with Crippen LogP contribution in [-0.4, -0.2) is 18.9 Å². The fraction of sp³-hybridized carbons (Fsp3) is 0.0952. The highest BCUT2D eigenvalue weighted by molar-refractivity contribution is 7.85. The Kier molecular flexibility index (Phi) is 7.31. The number of anilines is 1. The van der Waals surface area contributed by atoms with Gasteiger partial charge in [-0.3, -0.25) is 4.55 Å². The van der Waals surface area contributed by atoms with E-state index in [1.54, 1.807) is 36.4 Å². The van der Waals surface area contributed by atoms with E-state index < -0.39 is 16.1 Å². The molecule has 7 heteroatoms. The zero-order chi connectivity index (χ0) is 20.6. The van der Waals surface area contributed by atoms with Crippen LogP contribution in [0.4, 0.5) is 5.69 Å². The van der Waals surface area contributed by atoms with E-state index in [9.17, 15) is 13.2 Å². The highest BCUT2D eigenvalue weighted by Crippen LogP contribution is 2.13. The molecule has 0 fully saturated rings. The molecular weight excluding hydrogens is 378 g/mol. The fourth-order valence-electron chi connectivity index (χ4n) is 2.19. The van der Waals surface area contributed by atoms with Gasteiger partial charge in [-0.25, -0.2) is 4.79 Å². The van der Waals surface area contributed by atoms with Gasteiger partial charge >= 0.3 is 5.97 Å². The first-order valence-electron chi connectivity index (χ1n) is 8.37. The summed E-state index contributed by atoms with van der Waals surface area (Å²) in [4.78, 5) is 11.7. The van der Waals surface area contributed by atoms with E-state index in [0.29, 0.717) is 11.3 Å². The molecule has 0 bridgehead atoms. The summed E-state index contributed by atoms with van der Waals surface area (Å²) in [5, 5.41) is 0. The Bertz CT molecular complexity index is 1020. The maximum Gasteiger partial charge on any atom is 0.340 e. The quantitative estimate of drug-likeness (QED) is 0.392. The second kappa shape index (κ2) is 9.68. The predicted octanol–water partition coefficient (Wildman–Crippen LogP) is 3.87. The van der Waals surface area contributed by atoms with E-state index >= 15 is 0 Å². The molecule has 28 heavy (non-hydrogen) atoms. The molecule has 0 aliphatic rings. The lowest BCUT2D eigenvalue weighted by Gasteiger charge is -2.06. The summed E-state index contributed by atoms with van der Waals surface area (Å²) in [6, 6.07) is 22.4. The van der Waals surface area contributed by atoms with Crippen molar-refractivity contribution >= 4 is 21.8 Å². The van der Waals surface area contributed by atoms with Crippen LogP contribution in [0.5, 0.6) is 0 Å². The summed E-state index contributed by atoms with van der Waals surface area (Å²) in [5.41, 5.74) is 8.44. The Hall–Kier alpha value is -3.16. The summed E-state index contributed by atoms with van der Waals surface area (Å²) in [6.45, 7) is 2.10. The summed E-state index contributed by atoms with van der Waals surface area (Å²) in [7, 11) is -4.02. The first kappa shape index (κ1) is 21.1. The molecule has 0 radical (unpaired) electrons. The molecule has 0 aliphatic carbocycles. The number of carbonyl (C=O) groups is 1. The maximum absolute atomic E-state index is 11.7. The second-order valence-corrected chi connectivity index (χ2v) is 7.36. The van der Waals surface area contributed by atoms with Crippen molar-refractivity contribution in [3.05, 3.63) is 95.6 Å². The number of carbonyl (C=O) groups excluding carboxylic acids is 1. The number of benzene rings is 3. The molecule has 0 saturated carbocycles. The molecule has 0 aromatic heterocycles. The summed E-state index contributed by atoms with van der Waals surface area (Å²) >= 11 is 0. The molecule has 3 aromatic carbocycles. The molecule has 3 aromatic rings. The number of hydrogen-bond acceptors (Lipinski definition) is 5. The monoisotopic (exact) mass is 399 g/mol. The van der Waals surface area contributed by atoms with Crippen molar-refractivity contribution in [3.8, 4) is 0 Å². The smallest absolute Gasteiger partial charge is 0.340 e. The van der Waals surface area contributed by atoms with Gasteiger partial charge in [-0.15, -0.1) is 0 Å². The Morgan fingerprint density at radius 2 is 1.50 bits per heavy atom. The predicted molar refractivity (Wildman–Crippen MR) is 107 cm³/mol. The highest BCUT2D eigenvalue weighted by atomic mass is 32.2. The SMILES string of the molecule is Cc1ccc(S(=O)(=O)O)cc1.Nc1ccccc1C(=O)OCc1ccccc1. The maximum atomic E-state index is 11.7. The zero-order valence-corrected chi connectivity index (χ0v) is 16.1. The van der Waals surface area contributed by atoms with Crippen LogP contribution < -0.4 is 5.73 Å². The van der Waals surface area contributed by atoms with Gasteiger partial charge < -0.3 is 10.5 Å². The van der Waals surface area contributed by atoms with Crippen molar-refractivity contribution < 1.29 is 22.5 Å². The number of rotatable bonds is 4. The Balaban J connectivity index is 0.000000221. The first-order chi connectivity index (χ1) is 13.3. The van der Waals surface area contributed by atoms with Gasteiger partial charge in [0, 0.05) is 5.69 Å². The van der Waals surface area contributed by atoms with Crippen molar-refractivity contribution in [1.82, 2.24) is 0 Å². The van der Waals surface area contributed by atoms with Crippen LogP contribution in [0.15, 0.2) is 83.8 Å².